The van der Waals surface area contributed by atoms with Gasteiger partial charge in [-0.1, -0.05) is 34.1 Å². The summed E-state index contributed by atoms with van der Waals surface area (Å²) in [5.41, 5.74) is 0. The number of ether oxygens (including phenoxy) is 3. The van der Waals surface area contributed by atoms with Crippen LogP contribution >= 0.6 is 15.9 Å². The van der Waals surface area contributed by atoms with Gasteiger partial charge in [-0.25, -0.2) is 0 Å². The smallest absolute Gasteiger partial charge is 0.119 e. The molecule has 16 heavy (non-hydrogen) atoms. The second-order valence-electron chi connectivity index (χ2n) is 3.62. The zero-order valence-corrected chi connectivity index (χ0v) is 10.6. The predicted octanol–water partition coefficient (Wildman–Crippen LogP) is 2.24. The fraction of sp³-hybridized carbons (Fsp3) is 0.500. The lowest BCUT2D eigenvalue weighted by Gasteiger charge is -2.13. The maximum atomic E-state index is 5.64. The van der Waals surface area contributed by atoms with Crippen molar-refractivity contribution in [2.24, 2.45) is 0 Å². The Morgan fingerprint density at radius 3 is 2.69 bits per heavy atom. The van der Waals surface area contributed by atoms with Gasteiger partial charge in [0.1, 0.15) is 12.4 Å². The van der Waals surface area contributed by atoms with Crippen molar-refractivity contribution < 1.29 is 14.2 Å². The van der Waals surface area contributed by atoms with Crippen LogP contribution in [-0.2, 0) is 9.47 Å². The highest BCUT2D eigenvalue weighted by Crippen LogP contribution is 2.17. The maximum absolute atomic E-state index is 5.64. The highest BCUT2D eigenvalue weighted by Gasteiger charge is 2.26. The number of alkyl halides is 1. The molecular formula is C12H15BrO3. The highest BCUT2D eigenvalue weighted by molar-refractivity contribution is 9.09. The van der Waals surface area contributed by atoms with Gasteiger partial charge in [0.15, 0.2) is 0 Å². The third kappa shape index (κ3) is 3.47. The predicted molar refractivity (Wildman–Crippen MR) is 65.2 cm³/mol. The molecule has 0 spiro atoms. The van der Waals surface area contributed by atoms with Gasteiger partial charge in [0, 0.05) is 0 Å². The first-order valence-electron chi connectivity index (χ1n) is 5.37. The van der Waals surface area contributed by atoms with Crippen LogP contribution in [0.3, 0.4) is 0 Å². The molecule has 3 nitrogen and oxygen atoms in total. The van der Waals surface area contributed by atoms with Crippen molar-refractivity contribution >= 4 is 15.9 Å². The van der Waals surface area contributed by atoms with Crippen LogP contribution in [0, 0.1) is 0 Å². The van der Waals surface area contributed by atoms with Crippen LogP contribution in [0.2, 0.25) is 0 Å². The van der Waals surface area contributed by atoms with Gasteiger partial charge in [-0.15, -0.1) is 0 Å². The first-order chi connectivity index (χ1) is 7.86. The van der Waals surface area contributed by atoms with Gasteiger partial charge in [0.25, 0.3) is 0 Å². The van der Waals surface area contributed by atoms with Crippen molar-refractivity contribution in [3.63, 3.8) is 0 Å². The van der Waals surface area contributed by atoms with Crippen LogP contribution in [-0.4, -0.2) is 37.4 Å². The Hall–Kier alpha value is -0.580. The molecule has 1 aromatic rings. The van der Waals surface area contributed by atoms with E-state index in [1.54, 1.807) is 0 Å². The molecular weight excluding hydrogens is 272 g/mol. The van der Waals surface area contributed by atoms with Gasteiger partial charge in [-0.3, -0.25) is 0 Å². The molecule has 2 rings (SSSR count). The third-order valence-electron chi connectivity index (χ3n) is 2.39. The molecule has 0 aromatic heterocycles. The van der Waals surface area contributed by atoms with E-state index < -0.39 is 0 Å². The number of rotatable bonds is 5. The molecule has 0 saturated carbocycles. The first kappa shape index (κ1) is 11.9. The Kier molecular flexibility index (Phi) is 4.63. The lowest BCUT2D eigenvalue weighted by molar-refractivity contribution is 0.0285. The molecule has 0 amide bonds. The van der Waals surface area contributed by atoms with Gasteiger partial charge in [-0.2, -0.15) is 0 Å². The van der Waals surface area contributed by atoms with E-state index in [0.717, 1.165) is 12.4 Å². The summed E-state index contributed by atoms with van der Waals surface area (Å²) in [6, 6.07) is 9.75. The molecule has 4 heteroatoms. The van der Waals surface area contributed by atoms with Crippen molar-refractivity contribution in [1.29, 1.82) is 0 Å². The van der Waals surface area contributed by atoms with Crippen molar-refractivity contribution in [2.75, 3.05) is 26.4 Å². The second-order valence-corrected chi connectivity index (χ2v) is 4.80. The fourth-order valence-electron chi connectivity index (χ4n) is 1.54. The average Bonchev–Trinajstić information content (AvgIpc) is 2.72. The average molecular weight is 287 g/mol. The molecule has 1 saturated heterocycles. The minimum atomic E-state index is 0.152. The molecule has 88 valence electrons. The molecule has 1 aliphatic rings. The molecule has 1 heterocycles. The van der Waals surface area contributed by atoms with Gasteiger partial charge in [0.05, 0.1) is 30.8 Å². The van der Waals surface area contributed by atoms with Gasteiger partial charge in [-0.05, 0) is 12.1 Å². The van der Waals surface area contributed by atoms with Crippen molar-refractivity contribution in [3.8, 4) is 5.75 Å². The molecule has 1 aliphatic heterocycles. The topological polar surface area (TPSA) is 27.7 Å². The monoisotopic (exact) mass is 286 g/mol. The Bertz CT molecular complexity index is 304. The maximum Gasteiger partial charge on any atom is 0.119 e. The molecule has 0 radical (unpaired) electrons. The zero-order valence-electron chi connectivity index (χ0n) is 8.97. The molecule has 1 aromatic carbocycles. The van der Waals surface area contributed by atoms with Gasteiger partial charge < -0.3 is 14.2 Å². The first-order valence-corrected chi connectivity index (χ1v) is 6.29. The van der Waals surface area contributed by atoms with E-state index in [4.69, 9.17) is 14.2 Å². The summed E-state index contributed by atoms with van der Waals surface area (Å²) >= 11 is 3.51. The quantitative estimate of drug-likeness (QED) is 0.614. The summed E-state index contributed by atoms with van der Waals surface area (Å²) in [6.07, 6.45) is 0.152. The number of hydrogen-bond donors (Lipinski definition) is 0. The Balaban J connectivity index is 1.62. The van der Waals surface area contributed by atoms with Crippen LogP contribution in [0.25, 0.3) is 0 Å². The lowest BCUT2D eigenvalue weighted by atomic mass is 10.3. The summed E-state index contributed by atoms with van der Waals surface area (Å²) < 4.78 is 16.4. The Labute approximate surface area is 104 Å². The summed E-state index contributed by atoms with van der Waals surface area (Å²) in [7, 11) is 0. The van der Waals surface area contributed by atoms with Gasteiger partial charge in [0.2, 0.25) is 0 Å². The summed E-state index contributed by atoms with van der Waals surface area (Å²) in [5.74, 6) is 0.879. The van der Waals surface area contributed by atoms with Crippen LogP contribution in [0.4, 0.5) is 0 Å². The van der Waals surface area contributed by atoms with Gasteiger partial charge >= 0.3 is 0 Å². The molecule has 0 bridgehead atoms. The molecule has 0 N–H and O–H groups in total. The minimum Gasteiger partial charge on any atom is -0.491 e. The van der Waals surface area contributed by atoms with Crippen molar-refractivity contribution in [3.05, 3.63) is 30.3 Å². The van der Waals surface area contributed by atoms with E-state index in [2.05, 4.69) is 15.9 Å². The number of halogens is 1. The second kappa shape index (κ2) is 6.23. The third-order valence-corrected chi connectivity index (χ3v) is 3.24. The highest BCUT2D eigenvalue weighted by atomic mass is 79.9. The van der Waals surface area contributed by atoms with Crippen LogP contribution in [0.5, 0.6) is 5.75 Å². The SMILES string of the molecule is BrC1COCC1OCCOc1ccccc1. The standard InChI is InChI=1S/C12H15BrO3/c13-11-8-14-9-12(11)16-7-6-15-10-4-2-1-3-5-10/h1-5,11-12H,6-9H2. The van der Waals surface area contributed by atoms with Crippen LogP contribution in [0.1, 0.15) is 0 Å². The number of hydrogen-bond acceptors (Lipinski definition) is 3. The normalized spacial score (nSPS) is 24.6. The summed E-state index contributed by atoms with van der Waals surface area (Å²) in [6.45, 7) is 2.55. The Morgan fingerprint density at radius 2 is 2.00 bits per heavy atom. The minimum absolute atomic E-state index is 0.152. The zero-order chi connectivity index (χ0) is 11.2. The van der Waals surface area contributed by atoms with Crippen molar-refractivity contribution in [2.45, 2.75) is 10.9 Å². The van der Waals surface area contributed by atoms with E-state index in [0.29, 0.717) is 24.6 Å². The lowest BCUT2D eigenvalue weighted by Crippen LogP contribution is -2.24. The summed E-state index contributed by atoms with van der Waals surface area (Å²) in [5, 5.41) is 0. The molecule has 0 aliphatic carbocycles. The van der Waals surface area contributed by atoms with Crippen molar-refractivity contribution in [1.82, 2.24) is 0 Å². The van der Waals surface area contributed by atoms with E-state index in [1.807, 2.05) is 30.3 Å². The number of benzene rings is 1. The number of para-hydroxylation sites is 1. The largest absolute Gasteiger partial charge is 0.491 e. The van der Waals surface area contributed by atoms with Crippen LogP contribution < -0.4 is 4.74 Å². The van der Waals surface area contributed by atoms with E-state index in [1.165, 1.54) is 0 Å². The van der Waals surface area contributed by atoms with E-state index in [-0.39, 0.29) is 6.10 Å². The Morgan fingerprint density at radius 1 is 1.19 bits per heavy atom. The molecule has 1 fully saturated rings. The van der Waals surface area contributed by atoms with Crippen LogP contribution in [0.15, 0.2) is 30.3 Å². The van der Waals surface area contributed by atoms with E-state index in [9.17, 15) is 0 Å². The molecule has 2 unspecified atom stereocenters. The summed E-state index contributed by atoms with van der Waals surface area (Å²) in [4.78, 5) is 0.309. The fourth-order valence-corrected chi connectivity index (χ4v) is 2.03. The molecule has 2 atom stereocenters. The van der Waals surface area contributed by atoms with E-state index >= 15 is 0 Å².